The van der Waals surface area contributed by atoms with Crippen molar-refractivity contribution in [1.29, 1.82) is 0 Å². The van der Waals surface area contributed by atoms with E-state index in [2.05, 4.69) is 158 Å². The zero-order chi connectivity index (χ0) is 35.5. The Morgan fingerprint density at radius 1 is 0.736 bits per heavy atom. The quantitative estimate of drug-likeness (QED) is 0.193. The summed E-state index contributed by atoms with van der Waals surface area (Å²) in [7, 11) is 0. The minimum atomic E-state index is 0.141. The lowest BCUT2D eigenvalue weighted by Gasteiger charge is -2.35. The van der Waals surface area contributed by atoms with Crippen LogP contribution >= 0.6 is 11.3 Å². The lowest BCUT2D eigenvalue weighted by Crippen LogP contribution is -2.33. The Balaban J connectivity index is 0.859. The highest BCUT2D eigenvalue weighted by molar-refractivity contribution is 7.19. The van der Waals surface area contributed by atoms with Crippen molar-refractivity contribution in [1.82, 2.24) is 0 Å². The fraction of sp³-hybridized carbons (Fsp3) is 0.255. The van der Waals surface area contributed by atoms with Gasteiger partial charge in [0.25, 0.3) is 0 Å². The Labute approximate surface area is 319 Å². The topological polar surface area (TPSA) is 3.24 Å². The second kappa shape index (κ2) is 13.2. The van der Waals surface area contributed by atoms with Crippen LogP contribution < -0.4 is 4.90 Å². The molecule has 2 atom stereocenters. The Bertz CT molecular complexity index is 2420. The van der Waals surface area contributed by atoms with Gasteiger partial charge in [-0.05, 0) is 137 Å². The van der Waals surface area contributed by atoms with Gasteiger partial charge in [-0.25, -0.2) is 0 Å². The van der Waals surface area contributed by atoms with Crippen molar-refractivity contribution in [3.8, 4) is 0 Å². The van der Waals surface area contributed by atoms with E-state index < -0.39 is 0 Å². The molecule has 0 radical (unpaired) electrons. The molecule has 262 valence electrons. The van der Waals surface area contributed by atoms with Crippen LogP contribution in [0.25, 0.3) is 27.3 Å². The third kappa shape index (κ3) is 5.74. The molecule has 3 aromatic carbocycles. The van der Waals surface area contributed by atoms with Crippen molar-refractivity contribution in [2.75, 3.05) is 4.90 Å². The molecule has 1 heterocycles. The predicted molar refractivity (Wildman–Crippen MR) is 228 cm³/mol. The van der Waals surface area contributed by atoms with Gasteiger partial charge >= 0.3 is 0 Å². The molecule has 6 aliphatic rings. The maximum Gasteiger partial charge on any atom is 0.0560 e. The van der Waals surface area contributed by atoms with E-state index in [0.29, 0.717) is 5.92 Å². The van der Waals surface area contributed by atoms with Crippen molar-refractivity contribution >= 4 is 44.3 Å². The molecule has 4 aromatic rings. The van der Waals surface area contributed by atoms with Gasteiger partial charge in [-0.15, -0.1) is 11.3 Å². The van der Waals surface area contributed by atoms with Gasteiger partial charge in [0.1, 0.15) is 0 Å². The summed E-state index contributed by atoms with van der Waals surface area (Å²) in [4.78, 5) is 4.09. The van der Waals surface area contributed by atoms with E-state index in [1.54, 1.807) is 5.57 Å². The molecule has 0 amide bonds. The monoisotopic (exact) mass is 705 g/mol. The summed E-state index contributed by atoms with van der Waals surface area (Å²) in [6, 6.07) is 25.9. The standard InChI is InChI=1S/C51H47NS/c1-51(2)47-14-8-6-12-43(47)45-32-38(24-30-48(45)51)36-18-16-34(17-19-36)35-20-26-41(27-21-35)52(40-10-4-3-5-11-40)42-28-22-37(23-29-42)39-25-31-50-46(33-39)44-13-7-9-15-49(44)53-50/h4,6-7,9-13,15-18,20-24,26,28-30,32-33,36,41H,3,5,8,14,19,25,27,31H2,1-2H3. The first-order chi connectivity index (χ1) is 26.0. The lowest BCUT2D eigenvalue weighted by atomic mass is 9.78. The molecule has 0 saturated carbocycles. The second-order valence-corrected chi connectivity index (χ2v) is 17.2. The number of rotatable bonds is 6. The summed E-state index contributed by atoms with van der Waals surface area (Å²) >= 11 is 1.96. The van der Waals surface area contributed by atoms with Gasteiger partial charge in [0.15, 0.2) is 0 Å². The number of hydrogen-bond acceptors (Lipinski definition) is 2. The molecule has 1 nitrogen and oxygen atoms in total. The zero-order valence-corrected chi connectivity index (χ0v) is 31.8. The number of hydrogen-bond donors (Lipinski definition) is 0. The van der Waals surface area contributed by atoms with E-state index in [-0.39, 0.29) is 11.5 Å². The number of fused-ring (bicyclic) bond motifs is 5. The molecule has 2 heteroatoms. The molecule has 2 unspecified atom stereocenters. The predicted octanol–water partition coefficient (Wildman–Crippen LogP) is 13.7. The van der Waals surface area contributed by atoms with Gasteiger partial charge in [-0.1, -0.05) is 129 Å². The smallest absolute Gasteiger partial charge is 0.0560 e. The van der Waals surface area contributed by atoms with Crippen LogP contribution in [0.1, 0.15) is 97.4 Å². The molecule has 0 aliphatic heterocycles. The van der Waals surface area contributed by atoms with Crippen LogP contribution in [0.5, 0.6) is 0 Å². The number of thiophene rings is 1. The average Bonchev–Trinajstić information content (AvgIpc) is 3.70. The Morgan fingerprint density at radius 3 is 2.36 bits per heavy atom. The normalized spacial score (nSPS) is 22.5. The Kier molecular flexibility index (Phi) is 8.14. The third-order valence-electron chi connectivity index (χ3n) is 12.6. The molecular weight excluding hydrogens is 659 g/mol. The number of allylic oxidation sites excluding steroid dienone is 14. The van der Waals surface area contributed by atoms with Crippen LogP contribution in [-0.4, -0.2) is 6.04 Å². The molecule has 0 fully saturated rings. The molecule has 6 aliphatic carbocycles. The summed E-state index contributed by atoms with van der Waals surface area (Å²) < 4.78 is 1.40. The summed E-state index contributed by atoms with van der Waals surface area (Å²) in [5.41, 5.74) is 17.2. The molecule has 0 spiro atoms. The minimum absolute atomic E-state index is 0.141. The fourth-order valence-corrected chi connectivity index (χ4v) is 10.9. The highest BCUT2D eigenvalue weighted by Gasteiger charge is 2.37. The van der Waals surface area contributed by atoms with Gasteiger partial charge in [0.05, 0.1) is 6.04 Å². The van der Waals surface area contributed by atoms with Gasteiger partial charge in [-0.2, -0.15) is 0 Å². The van der Waals surface area contributed by atoms with Crippen LogP contribution in [0, 0.1) is 0 Å². The second-order valence-electron chi connectivity index (χ2n) is 16.1. The van der Waals surface area contributed by atoms with Gasteiger partial charge in [0, 0.05) is 32.3 Å². The zero-order valence-electron chi connectivity index (χ0n) is 30.9. The maximum absolute atomic E-state index is 2.56. The maximum atomic E-state index is 2.56. The number of aryl methyl sites for hydroxylation is 1. The summed E-state index contributed by atoms with van der Waals surface area (Å²) in [6.07, 6.45) is 37.7. The number of nitrogens with zero attached hydrogens (tertiary/aromatic N) is 1. The third-order valence-corrected chi connectivity index (χ3v) is 13.9. The first-order valence-corrected chi connectivity index (χ1v) is 20.6. The van der Waals surface area contributed by atoms with Crippen molar-refractivity contribution in [3.63, 3.8) is 0 Å². The molecule has 0 bridgehead atoms. The fourth-order valence-electron chi connectivity index (χ4n) is 9.71. The SMILES string of the molecule is CC1(C)C2=C(C=CCC2)c2cc(C3C=CC(C4=CCC(N(C5=CCCC=C5)c5ccc(C6=Cc7c(sc8ccccc78)CC6)cc5)C=C4)=CC3)ccc21. The average molecular weight is 706 g/mol. The van der Waals surface area contributed by atoms with E-state index in [1.807, 2.05) is 11.3 Å². The van der Waals surface area contributed by atoms with Gasteiger partial charge < -0.3 is 4.90 Å². The van der Waals surface area contributed by atoms with E-state index in [1.165, 1.54) is 89.3 Å². The molecule has 10 rings (SSSR count). The van der Waals surface area contributed by atoms with Crippen molar-refractivity contribution in [3.05, 3.63) is 189 Å². The lowest BCUT2D eigenvalue weighted by molar-refractivity contribution is 0.607. The van der Waals surface area contributed by atoms with Crippen molar-refractivity contribution in [2.45, 2.75) is 82.6 Å². The van der Waals surface area contributed by atoms with Crippen LogP contribution in [0.2, 0.25) is 0 Å². The number of benzene rings is 3. The summed E-state index contributed by atoms with van der Waals surface area (Å²) in [5, 5.41) is 1.40. The van der Waals surface area contributed by atoms with Crippen LogP contribution in [0.15, 0.2) is 156 Å². The van der Waals surface area contributed by atoms with Crippen LogP contribution in [-0.2, 0) is 11.8 Å². The summed E-state index contributed by atoms with van der Waals surface area (Å²) in [6.45, 7) is 4.82. The van der Waals surface area contributed by atoms with Crippen LogP contribution in [0.3, 0.4) is 0 Å². The van der Waals surface area contributed by atoms with Crippen LogP contribution in [0.4, 0.5) is 5.69 Å². The molecule has 53 heavy (non-hydrogen) atoms. The molecular formula is C51H47NS. The first kappa shape index (κ1) is 32.7. The first-order valence-electron chi connectivity index (χ1n) is 19.8. The Hall–Kier alpha value is -4.92. The highest BCUT2D eigenvalue weighted by atomic mass is 32.1. The van der Waals surface area contributed by atoms with Gasteiger partial charge in [-0.3, -0.25) is 0 Å². The van der Waals surface area contributed by atoms with E-state index in [4.69, 9.17) is 0 Å². The molecule has 1 aromatic heterocycles. The summed E-state index contributed by atoms with van der Waals surface area (Å²) in [5.74, 6) is 0.421. The highest BCUT2D eigenvalue weighted by Crippen LogP contribution is 2.51. The van der Waals surface area contributed by atoms with E-state index >= 15 is 0 Å². The Morgan fingerprint density at radius 2 is 1.57 bits per heavy atom. The van der Waals surface area contributed by atoms with Crippen molar-refractivity contribution in [2.24, 2.45) is 0 Å². The van der Waals surface area contributed by atoms with Gasteiger partial charge in [0.2, 0.25) is 0 Å². The number of anilines is 1. The minimum Gasteiger partial charge on any atom is -0.335 e. The van der Waals surface area contributed by atoms with E-state index in [0.717, 1.165) is 38.5 Å². The molecule has 0 N–H and O–H groups in total. The molecule has 0 saturated heterocycles. The largest absolute Gasteiger partial charge is 0.335 e. The van der Waals surface area contributed by atoms with Crippen molar-refractivity contribution < 1.29 is 0 Å². The van der Waals surface area contributed by atoms with E-state index in [9.17, 15) is 0 Å².